The highest BCUT2D eigenvalue weighted by Gasteiger charge is 2.38. The number of carbonyl (C=O) groups excluding carboxylic acids is 1. The van der Waals surface area contributed by atoms with Crippen LogP contribution in [0, 0.1) is 5.92 Å². The third kappa shape index (κ3) is 2.44. The Morgan fingerprint density at radius 1 is 1.10 bits per heavy atom. The number of rotatable bonds is 3. The van der Waals surface area contributed by atoms with Gasteiger partial charge in [0.2, 0.25) is 0 Å². The van der Waals surface area contributed by atoms with Crippen molar-refractivity contribution < 1.29 is 4.79 Å². The van der Waals surface area contributed by atoms with E-state index in [0.29, 0.717) is 23.7 Å². The van der Waals surface area contributed by atoms with Crippen molar-refractivity contribution in [1.82, 2.24) is 4.90 Å². The molecule has 0 spiro atoms. The first-order chi connectivity index (χ1) is 10.3. The average Bonchev–Trinajstić information content (AvgIpc) is 2.93. The van der Waals surface area contributed by atoms with E-state index in [1.54, 1.807) is 5.56 Å². The molecule has 1 aliphatic heterocycles. The van der Waals surface area contributed by atoms with E-state index < -0.39 is 0 Å². The molecule has 0 aromatic heterocycles. The molecule has 3 atom stereocenters. The number of benzene rings is 1. The lowest BCUT2D eigenvalue weighted by molar-refractivity contribution is -0.126. The lowest BCUT2D eigenvalue weighted by Gasteiger charge is -2.38. The molecule has 2 heteroatoms. The van der Waals surface area contributed by atoms with Crippen LogP contribution in [0.25, 0.3) is 0 Å². The molecule has 3 aliphatic rings. The maximum Gasteiger partial charge on any atom is 0.137 e. The van der Waals surface area contributed by atoms with Gasteiger partial charge in [-0.1, -0.05) is 30.7 Å². The zero-order valence-electron chi connectivity index (χ0n) is 12.8. The normalized spacial score (nSPS) is 32.8. The number of nitrogens with zero attached hydrogens (tertiary/aromatic N) is 1. The third-order valence-corrected chi connectivity index (χ3v) is 5.90. The van der Waals surface area contributed by atoms with E-state index in [-0.39, 0.29) is 0 Å². The van der Waals surface area contributed by atoms with Crippen LogP contribution >= 0.6 is 0 Å². The van der Waals surface area contributed by atoms with Gasteiger partial charge in [-0.2, -0.15) is 0 Å². The van der Waals surface area contributed by atoms with Crippen molar-refractivity contribution in [2.24, 2.45) is 5.92 Å². The first-order valence-corrected chi connectivity index (χ1v) is 8.67. The highest BCUT2D eigenvalue weighted by Crippen LogP contribution is 2.39. The van der Waals surface area contributed by atoms with E-state index in [2.05, 4.69) is 29.2 Å². The van der Waals surface area contributed by atoms with Gasteiger partial charge in [0.1, 0.15) is 5.78 Å². The molecule has 1 aromatic rings. The average molecular weight is 283 g/mol. The Labute approximate surface area is 127 Å². The van der Waals surface area contributed by atoms with Crippen molar-refractivity contribution in [1.29, 1.82) is 0 Å². The summed E-state index contributed by atoms with van der Waals surface area (Å²) in [6.07, 6.45) is 8.11. The Hall–Kier alpha value is -1.15. The van der Waals surface area contributed by atoms with Crippen LogP contribution in [0.1, 0.15) is 55.6 Å². The van der Waals surface area contributed by atoms with Gasteiger partial charge in [-0.25, -0.2) is 0 Å². The van der Waals surface area contributed by atoms with Crippen LogP contribution in [0.4, 0.5) is 0 Å². The zero-order chi connectivity index (χ0) is 14.2. The quantitative estimate of drug-likeness (QED) is 0.845. The molecule has 1 saturated carbocycles. The maximum atomic E-state index is 12.3. The Kier molecular flexibility index (Phi) is 3.58. The van der Waals surface area contributed by atoms with Gasteiger partial charge in [0, 0.05) is 30.8 Å². The van der Waals surface area contributed by atoms with Crippen LogP contribution in [0.2, 0.25) is 0 Å². The summed E-state index contributed by atoms with van der Waals surface area (Å²) >= 11 is 0. The standard InChI is InChI=1S/C19H25NO/c21-19-10-4-3-8-17(19)18-9-5-11-20(18)13-15-12-14-6-1-2-7-16(14)15/h1-2,6-7,15,17-18H,3-5,8-13H2. The first-order valence-electron chi connectivity index (χ1n) is 8.67. The predicted octanol–water partition coefficient (Wildman–Crippen LogP) is 3.55. The Balaban J connectivity index is 1.44. The summed E-state index contributed by atoms with van der Waals surface area (Å²) in [5.41, 5.74) is 3.09. The van der Waals surface area contributed by atoms with E-state index in [1.165, 1.54) is 44.3 Å². The molecule has 1 heterocycles. The summed E-state index contributed by atoms with van der Waals surface area (Å²) in [5.74, 6) is 1.60. The second kappa shape index (κ2) is 5.57. The molecular formula is C19H25NO. The highest BCUT2D eigenvalue weighted by molar-refractivity contribution is 5.82. The van der Waals surface area contributed by atoms with Crippen molar-refractivity contribution in [2.75, 3.05) is 13.1 Å². The minimum atomic E-state index is 0.344. The molecule has 1 aromatic carbocycles. The molecule has 1 saturated heterocycles. The molecule has 3 unspecified atom stereocenters. The van der Waals surface area contributed by atoms with Gasteiger partial charge >= 0.3 is 0 Å². The van der Waals surface area contributed by atoms with Crippen molar-refractivity contribution in [3.63, 3.8) is 0 Å². The minimum absolute atomic E-state index is 0.344. The summed E-state index contributed by atoms with van der Waals surface area (Å²) < 4.78 is 0. The molecule has 0 radical (unpaired) electrons. The van der Waals surface area contributed by atoms with Crippen LogP contribution in [-0.2, 0) is 11.2 Å². The summed E-state index contributed by atoms with van der Waals surface area (Å²) in [7, 11) is 0. The molecule has 2 nitrogen and oxygen atoms in total. The molecular weight excluding hydrogens is 258 g/mol. The number of Topliss-reactive ketones (excluding diaryl/α,β-unsaturated/α-hetero) is 1. The maximum absolute atomic E-state index is 12.3. The smallest absolute Gasteiger partial charge is 0.137 e. The number of carbonyl (C=O) groups is 1. The fraction of sp³-hybridized carbons (Fsp3) is 0.632. The van der Waals surface area contributed by atoms with Gasteiger partial charge in [-0.05, 0) is 49.8 Å². The molecule has 0 N–H and O–H groups in total. The van der Waals surface area contributed by atoms with Gasteiger partial charge in [0.05, 0.1) is 0 Å². The lowest BCUT2D eigenvalue weighted by Crippen LogP contribution is -2.43. The van der Waals surface area contributed by atoms with E-state index in [4.69, 9.17) is 0 Å². The molecule has 4 rings (SSSR count). The monoisotopic (exact) mass is 283 g/mol. The first kappa shape index (κ1) is 13.5. The van der Waals surface area contributed by atoms with Crippen LogP contribution in [0.3, 0.4) is 0 Å². The van der Waals surface area contributed by atoms with Crippen molar-refractivity contribution in [3.05, 3.63) is 35.4 Å². The number of fused-ring (bicyclic) bond motifs is 1. The molecule has 2 fully saturated rings. The van der Waals surface area contributed by atoms with Crippen molar-refractivity contribution >= 4 is 5.78 Å². The largest absolute Gasteiger partial charge is 0.299 e. The topological polar surface area (TPSA) is 20.3 Å². The van der Waals surface area contributed by atoms with Crippen LogP contribution < -0.4 is 0 Å². The van der Waals surface area contributed by atoms with E-state index in [0.717, 1.165) is 19.3 Å². The van der Waals surface area contributed by atoms with Gasteiger partial charge in [0.15, 0.2) is 0 Å². The van der Waals surface area contributed by atoms with Crippen LogP contribution in [0.5, 0.6) is 0 Å². The lowest BCUT2D eigenvalue weighted by atomic mass is 9.76. The number of hydrogen-bond donors (Lipinski definition) is 0. The third-order valence-electron chi connectivity index (χ3n) is 5.90. The molecule has 112 valence electrons. The van der Waals surface area contributed by atoms with E-state index >= 15 is 0 Å². The summed E-state index contributed by atoms with van der Waals surface area (Å²) in [6, 6.07) is 9.41. The van der Waals surface area contributed by atoms with E-state index in [1.807, 2.05) is 0 Å². The minimum Gasteiger partial charge on any atom is -0.299 e. The fourth-order valence-electron chi connectivity index (χ4n) is 4.76. The summed E-state index contributed by atoms with van der Waals surface area (Å²) in [6.45, 7) is 2.37. The number of hydrogen-bond acceptors (Lipinski definition) is 2. The van der Waals surface area contributed by atoms with Crippen molar-refractivity contribution in [2.45, 2.75) is 56.9 Å². The van der Waals surface area contributed by atoms with Gasteiger partial charge in [0.25, 0.3) is 0 Å². The second-order valence-corrected chi connectivity index (χ2v) is 7.12. The van der Waals surface area contributed by atoms with E-state index in [9.17, 15) is 4.79 Å². The molecule has 0 bridgehead atoms. The Bertz CT molecular complexity index is 538. The number of likely N-dealkylation sites (tertiary alicyclic amines) is 1. The highest BCUT2D eigenvalue weighted by atomic mass is 16.1. The molecule has 0 amide bonds. The van der Waals surface area contributed by atoms with Crippen molar-refractivity contribution in [3.8, 4) is 0 Å². The fourth-order valence-corrected chi connectivity index (χ4v) is 4.76. The SMILES string of the molecule is O=C1CCCCC1C1CCCN1CC1Cc2ccccc21. The van der Waals surface area contributed by atoms with Gasteiger partial charge in [-0.15, -0.1) is 0 Å². The van der Waals surface area contributed by atoms with Gasteiger partial charge in [-0.3, -0.25) is 9.69 Å². The second-order valence-electron chi connectivity index (χ2n) is 7.12. The number of ketones is 1. The predicted molar refractivity (Wildman–Crippen MR) is 84.4 cm³/mol. The Morgan fingerprint density at radius 2 is 2.00 bits per heavy atom. The van der Waals surface area contributed by atoms with Crippen LogP contribution in [-0.4, -0.2) is 29.8 Å². The van der Waals surface area contributed by atoms with Gasteiger partial charge < -0.3 is 0 Å². The van der Waals surface area contributed by atoms with Crippen LogP contribution in [0.15, 0.2) is 24.3 Å². The zero-order valence-corrected chi connectivity index (χ0v) is 12.8. The molecule has 2 aliphatic carbocycles. The summed E-state index contributed by atoms with van der Waals surface area (Å²) in [5, 5.41) is 0. The summed E-state index contributed by atoms with van der Waals surface area (Å²) in [4.78, 5) is 14.9. The molecule has 21 heavy (non-hydrogen) atoms. The Morgan fingerprint density at radius 3 is 2.86 bits per heavy atom.